The molecule has 1 rings (SSSR count). The Labute approximate surface area is 122 Å². The van der Waals surface area contributed by atoms with Gasteiger partial charge in [0.25, 0.3) is 0 Å². The Kier molecular flexibility index (Phi) is 6.17. The highest BCUT2D eigenvalue weighted by Crippen LogP contribution is 2.11. The number of nitrogens with two attached hydrogens (primary N) is 1. The minimum atomic E-state index is -0.189. The average molecular weight is 277 g/mol. The van der Waals surface area contributed by atoms with Crippen LogP contribution in [-0.4, -0.2) is 29.4 Å². The summed E-state index contributed by atoms with van der Waals surface area (Å²) >= 11 is 0. The van der Waals surface area contributed by atoms with Gasteiger partial charge < -0.3 is 11.1 Å². The van der Waals surface area contributed by atoms with Gasteiger partial charge in [0.1, 0.15) is 0 Å². The van der Waals surface area contributed by atoms with Gasteiger partial charge in [-0.25, -0.2) is 0 Å². The zero-order valence-corrected chi connectivity index (χ0v) is 13.1. The fraction of sp³-hybridized carbons (Fsp3) is 0.562. The van der Waals surface area contributed by atoms with E-state index in [0.29, 0.717) is 13.1 Å². The van der Waals surface area contributed by atoms with E-state index >= 15 is 0 Å². The van der Waals surface area contributed by atoms with Gasteiger partial charge in [0.2, 0.25) is 5.91 Å². The first kappa shape index (κ1) is 16.7. The fourth-order valence-electron chi connectivity index (χ4n) is 2.09. The minimum Gasteiger partial charge on any atom is -0.350 e. The first-order valence-corrected chi connectivity index (χ1v) is 7.16. The van der Waals surface area contributed by atoms with E-state index in [9.17, 15) is 4.79 Å². The molecule has 4 nitrogen and oxygen atoms in total. The highest BCUT2D eigenvalue weighted by atomic mass is 16.2. The summed E-state index contributed by atoms with van der Waals surface area (Å²) in [6.07, 6.45) is 0. The molecule has 0 aliphatic carbocycles. The van der Waals surface area contributed by atoms with Gasteiger partial charge in [-0.1, -0.05) is 31.2 Å². The van der Waals surface area contributed by atoms with Crippen LogP contribution >= 0.6 is 0 Å². The molecule has 0 aliphatic heterocycles. The third kappa shape index (κ3) is 5.72. The molecule has 0 aliphatic rings. The third-order valence-corrected chi connectivity index (χ3v) is 3.06. The summed E-state index contributed by atoms with van der Waals surface area (Å²) in [5.74, 6) is 0.0598. The summed E-state index contributed by atoms with van der Waals surface area (Å²) < 4.78 is 0. The molecule has 0 heterocycles. The van der Waals surface area contributed by atoms with Crippen LogP contribution in [0.4, 0.5) is 0 Å². The van der Waals surface area contributed by atoms with Crippen LogP contribution in [0, 0.1) is 0 Å². The number of likely N-dealkylation sites (N-methyl/N-ethyl adjacent to an activating group) is 1. The topological polar surface area (TPSA) is 58.4 Å². The number of carbonyl (C=O) groups excluding carboxylic acids is 1. The molecule has 0 radical (unpaired) electrons. The lowest BCUT2D eigenvalue weighted by Crippen LogP contribution is -2.45. The van der Waals surface area contributed by atoms with E-state index in [1.807, 2.05) is 39.0 Å². The van der Waals surface area contributed by atoms with Gasteiger partial charge in [-0.05, 0) is 38.4 Å². The normalized spacial score (nSPS) is 11.7. The van der Waals surface area contributed by atoms with E-state index in [4.69, 9.17) is 5.73 Å². The summed E-state index contributed by atoms with van der Waals surface area (Å²) in [6.45, 7) is 10.6. The van der Waals surface area contributed by atoms with Crippen molar-refractivity contribution >= 4 is 5.91 Å². The Morgan fingerprint density at radius 1 is 1.25 bits per heavy atom. The Bertz CT molecular complexity index is 438. The summed E-state index contributed by atoms with van der Waals surface area (Å²) in [6, 6.07) is 8.12. The second-order valence-corrected chi connectivity index (χ2v) is 6.07. The van der Waals surface area contributed by atoms with Gasteiger partial charge in [-0.2, -0.15) is 0 Å². The van der Waals surface area contributed by atoms with Crippen LogP contribution in [-0.2, 0) is 17.9 Å². The Hall–Kier alpha value is -1.39. The average Bonchev–Trinajstić information content (AvgIpc) is 2.36. The summed E-state index contributed by atoms with van der Waals surface area (Å²) in [7, 11) is 0. The fourth-order valence-corrected chi connectivity index (χ4v) is 2.09. The van der Waals surface area contributed by atoms with Crippen LogP contribution in [0.3, 0.4) is 0 Å². The maximum absolute atomic E-state index is 12.0. The Morgan fingerprint density at radius 2 is 1.85 bits per heavy atom. The maximum atomic E-state index is 12.0. The summed E-state index contributed by atoms with van der Waals surface area (Å²) in [5.41, 5.74) is 7.90. The zero-order valence-electron chi connectivity index (χ0n) is 13.1. The van der Waals surface area contributed by atoms with Crippen molar-refractivity contribution in [2.45, 2.75) is 46.3 Å². The number of nitrogens with zero attached hydrogens (tertiary/aromatic N) is 1. The molecule has 0 atom stereocenters. The second kappa shape index (κ2) is 7.41. The Balaban J connectivity index is 2.65. The molecule has 0 unspecified atom stereocenters. The number of benzene rings is 1. The van der Waals surface area contributed by atoms with E-state index in [1.165, 1.54) is 5.56 Å². The second-order valence-electron chi connectivity index (χ2n) is 6.07. The lowest BCUT2D eigenvalue weighted by molar-refractivity contribution is -0.123. The Morgan fingerprint density at radius 3 is 2.35 bits per heavy atom. The van der Waals surface area contributed by atoms with Crippen molar-refractivity contribution in [3.63, 3.8) is 0 Å². The highest BCUT2D eigenvalue weighted by molar-refractivity contribution is 5.78. The molecule has 4 heteroatoms. The van der Waals surface area contributed by atoms with E-state index in [2.05, 4.69) is 23.2 Å². The van der Waals surface area contributed by atoms with E-state index < -0.39 is 0 Å². The highest BCUT2D eigenvalue weighted by Gasteiger charge is 2.16. The van der Waals surface area contributed by atoms with Crippen molar-refractivity contribution in [3.05, 3.63) is 35.4 Å². The summed E-state index contributed by atoms with van der Waals surface area (Å²) in [4.78, 5) is 14.1. The lowest BCUT2D eigenvalue weighted by Gasteiger charge is -2.25. The molecular weight excluding hydrogens is 250 g/mol. The van der Waals surface area contributed by atoms with Gasteiger partial charge in [-0.15, -0.1) is 0 Å². The largest absolute Gasteiger partial charge is 0.350 e. The standard InChI is InChI=1S/C16H27N3O/c1-5-19(12-15(20)18-16(2,3)4)11-14-9-7-6-8-13(14)10-17/h6-9H,5,10-12,17H2,1-4H3,(H,18,20). The quantitative estimate of drug-likeness (QED) is 0.834. The van der Waals surface area contributed by atoms with E-state index in [-0.39, 0.29) is 11.4 Å². The predicted octanol–water partition coefficient (Wildman–Crippen LogP) is 1.88. The van der Waals surface area contributed by atoms with Crippen LogP contribution in [0.5, 0.6) is 0 Å². The monoisotopic (exact) mass is 277 g/mol. The minimum absolute atomic E-state index is 0.0598. The third-order valence-electron chi connectivity index (χ3n) is 3.06. The molecule has 112 valence electrons. The SMILES string of the molecule is CCN(CC(=O)NC(C)(C)C)Cc1ccccc1CN. The smallest absolute Gasteiger partial charge is 0.234 e. The number of carbonyl (C=O) groups is 1. The molecule has 0 saturated heterocycles. The van der Waals surface area contributed by atoms with Crippen molar-refractivity contribution < 1.29 is 4.79 Å². The van der Waals surface area contributed by atoms with E-state index in [0.717, 1.165) is 18.7 Å². The van der Waals surface area contributed by atoms with Gasteiger partial charge in [0, 0.05) is 18.6 Å². The number of rotatable bonds is 6. The lowest BCUT2D eigenvalue weighted by atomic mass is 10.1. The van der Waals surface area contributed by atoms with Crippen LogP contribution in [0.1, 0.15) is 38.8 Å². The molecule has 1 aromatic rings. The molecule has 0 saturated carbocycles. The first-order valence-electron chi connectivity index (χ1n) is 7.16. The van der Waals surface area contributed by atoms with Crippen LogP contribution in [0.2, 0.25) is 0 Å². The van der Waals surface area contributed by atoms with Gasteiger partial charge in [0.15, 0.2) is 0 Å². The van der Waals surface area contributed by atoms with Crippen molar-refractivity contribution in [1.29, 1.82) is 0 Å². The molecule has 20 heavy (non-hydrogen) atoms. The zero-order chi connectivity index (χ0) is 15.2. The van der Waals surface area contributed by atoms with Crippen LogP contribution in [0.15, 0.2) is 24.3 Å². The molecule has 1 aromatic carbocycles. The molecule has 3 N–H and O–H groups in total. The predicted molar refractivity (Wildman–Crippen MR) is 83.2 cm³/mol. The van der Waals surface area contributed by atoms with Gasteiger partial charge in [0.05, 0.1) is 6.54 Å². The summed E-state index contributed by atoms with van der Waals surface area (Å²) in [5, 5.41) is 2.99. The maximum Gasteiger partial charge on any atom is 0.234 e. The van der Waals surface area contributed by atoms with Crippen molar-refractivity contribution in [3.8, 4) is 0 Å². The van der Waals surface area contributed by atoms with Crippen molar-refractivity contribution in [2.24, 2.45) is 5.73 Å². The molecular formula is C16H27N3O. The van der Waals surface area contributed by atoms with Crippen LogP contribution in [0.25, 0.3) is 0 Å². The first-order chi connectivity index (χ1) is 9.35. The van der Waals surface area contributed by atoms with Crippen molar-refractivity contribution in [2.75, 3.05) is 13.1 Å². The molecule has 0 spiro atoms. The van der Waals surface area contributed by atoms with E-state index in [1.54, 1.807) is 0 Å². The van der Waals surface area contributed by atoms with Crippen LogP contribution < -0.4 is 11.1 Å². The number of hydrogen-bond acceptors (Lipinski definition) is 3. The number of hydrogen-bond donors (Lipinski definition) is 2. The van der Waals surface area contributed by atoms with Gasteiger partial charge >= 0.3 is 0 Å². The molecule has 0 aromatic heterocycles. The number of amides is 1. The molecule has 0 fully saturated rings. The number of nitrogens with one attached hydrogen (secondary N) is 1. The molecule has 0 bridgehead atoms. The van der Waals surface area contributed by atoms with Gasteiger partial charge in [-0.3, -0.25) is 9.69 Å². The van der Waals surface area contributed by atoms with Crippen molar-refractivity contribution in [1.82, 2.24) is 10.2 Å². The molecule has 1 amide bonds.